The van der Waals surface area contributed by atoms with Gasteiger partial charge in [0.05, 0.1) is 36.7 Å². The van der Waals surface area contributed by atoms with Crippen molar-refractivity contribution in [3.05, 3.63) is 78.1 Å². The molecule has 2 aliphatic heterocycles. The van der Waals surface area contributed by atoms with Crippen molar-refractivity contribution in [1.29, 1.82) is 0 Å². The highest BCUT2D eigenvalue weighted by atomic mass is 16.5. The van der Waals surface area contributed by atoms with Gasteiger partial charge in [0, 0.05) is 37.1 Å². The summed E-state index contributed by atoms with van der Waals surface area (Å²) < 4.78 is 12.7. The number of piperidine rings is 1. The topological polar surface area (TPSA) is 112 Å². The Morgan fingerprint density at radius 1 is 1.05 bits per heavy atom. The lowest BCUT2D eigenvalue weighted by molar-refractivity contribution is 0.0594. The van der Waals surface area contributed by atoms with Crippen LogP contribution in [0.3, 0.4) is 0 Å². The lowest BCUT2D eigenvalue weighted by Gasteiger charge is -2.34. The number of aryl methyl sites for hydroxylation is 1. The zero-order valence-electron chi connectivity index (χ0n) is 21.0. The highest BCUT2D eigenvalue weighted by molar-refractivity contribution is 5.99. The third kappa shape index (κ3) is 5.75. The molecule has 192 valence electrons. The number of aromatic nitrogens is 6. The summed E-state index contributed by atoms with van der Waals surface area (Å²) in [5.74, 6) is 0.481. The number of hydrogen-bond donors (Lipinski definition) is 0. The highest BCUT2D eigenvalue weighted by Crippen LogP contribution is 2.31. The number of carbonyl (C=O) groups excluding carboxylic acids is 1. The number of ether oxygens (including phenoxy) is 1. The van der Waals surface area contributed by atoms with Gasteiger partial charge < -0.3 is 14.2 Å². The van der Waals surface area contributed by atoms with Gasteiger partial charge in [0.1, 0.15) is 0 Å². The minimum absolute atomic E-state index is 0.0169. The molecule has 0 aliphatic carbocycles. The average Bonchev–Trinajstić information content (AvgIpc) is 3.62. The van der Waals surface area contributed by atoms with Crippen LogP contribution < -0.4 is 0 Å². The molecule has 1 atom stereocenters. The third-order valence-electron chi connectivity index (χ3n) is 6.66. The van der Waals surface area contributed by atoms with Crippen LogP contribution in [0.25, 0.3) is 11.3 Å². The fourth-order valence-electron chi connectivity index (χ4n) is 4.79. The summed E-state index contributed by atoms with van der Waals surface area (Å²) in [5, 5.41) is 8.37. The van der Waals surface area contributed by atoms with E-state index in [1.807, 2.05) is 52.2 Å². The number of pyridine rings is 2. The van der Waals surface area contributed by atoms with Crippen molar-refractivity contribution in [3.8, 4) is 11.3 Å². The lowest BCUT2D eigenvalue weighted by Crippen LogP contribution is -2.45. The maximum Gasteiger partial charge on any atom is 0.275 e. The Balaban J connectivity index is 0.000000301. The van der Waals surface area contributed by atoms with Gasteiger partial charge in [-0.15, -0.1) is 0 Å². The van der Waals surface area contributed by atoms with Gasteiger partial charge in [-0.05, 0) is 49.9 Å². The van der Waals surface area contributed by atoms with E-state index in [1.165, 1.54) is 6.33 Å². The van der Waals surface area contributed by atoms with E-state index in [-0.39, 0.29) is 11.9 Å². The van der Waals surface area contributed by atoms with Crippen LogP contribution in [0.4, 0.5) is 0 Å². The molecule has 0 bridgehead atoms. The van der Waals surface area contributed by atoms with Gasteiger partial charge in [-0.25, -0.2) is 0 Å². The summed E-state index contributed by atoms with van der Waals surface area (Å²) in [7, 11) is 0. The van der Waals surface area contributed by atoms with Crippen LogP contribution in [0, 0.1) is 0 Å². The molecule has 0 unspecified atom stereocenters. The molecule has 0 N–H and O–H groups in total. The van der Waals surface area contributed by atoms with Gasteiger partial charge in [-0.2, -0.15) is 10.1 Å². The fraction of sp³-hybridized carbons (Fsp3) is 0.407. The molecule has 4 aromatic rings. The average molecular weight is 502 g/mol. The quantitative estimate of drug-likeness (QED) is 0.407. The van der Waals surface area contributed by atoms with Crippen LogP contribution in [0.5, 0.6) is 0 Å². The van der Waals surface area contributed by atoms with Gasteiger partial charge in [0.2, 0.25) is 5.89 Å². The van der Waals surface area contributed by atoms with Crippen molar-refractivity contribution in [3.63, 3.8) is 0 Å². The summed E-state index contributed by atoms with van der Waals surface area (Å²) in [6.07, 6.45) is 9.49. The molecule has 6 rings (SSSR count). The number of carbonyl (C=O) groups is 1. The Bertz CT molecular complexity index is 1280. The number of nitrogens with zero attached hydrogens (tertiary/aromatic N) is 7. The first-order valence-corrected chi connectivity index (χ1v) is 12.8. The molecular weight excluding hydrogens is 470 g/mol. The van der Waals surface area contributed by atoms with Crippen LogP contribution in [0.1, 0.15) is 54.0 Å². The summed E-state index contributed by atoms with van der Waals surface area (Å²) in [5.41, 5.74) is 4.03. The molecule has 0 saturated carbocycles. The second kappa shape index (κ2) is 11.9. The molecular formula is C27H31N7O3. The van der Waals surface area contributed by atoms with Crippen molar-refractivity contribution >= 4 is 5.91 Å². The summed E-state index contributed by atoms with van der Waals surface area (Å²) in [6.45, 7) is 4.44. The van der Waals surface area contributed by atoms with Gasteiger partial charge >= 0.3 is 0 Å². The molecule has 0 aromatic carbocycles. The van der Waals surface area contributed by atoms with E-state index in [0.29, 0.717) is 44.3 Å². The third-order valence-corrected chi connectivity index (χ3v) is 6.66. The molecule has 1 amide bonds. The van der Waals surface area contributed by atoms with Crippen molar-refractivity contribution < 1.29 is 14.1 Å². The largest absolute Gasteiger partial charge is 0.373 e. The SMILES string of the molecule is CCc1ccccn1.O=C(c1nn2c(c1-c1ccccn1)COCC2)N1CCCC[C@H]1Cc1ncno1. The summed E-state index contributed by atoms with van der Waals surface area (Å²) >= 11 is 0. The van der Waals surface area contributed by atoms with Crippen LogP contribution >= 0.6 is 0 Å². The van der Waals surface area contributed by atoms with E-state index >= 15 is 0 Å². The molecule has 1 saturated heterocycles. The maximum absolute atomic E-state index is 13.7. The zero-order chi connectivity index (χ0) is 25.5. The van der Waals surface area contributed by atoms with Crippen molar-refractivity contribution in [1.82, 2.24) is 34.8 Å². The van der Waals surface area contributed by atoms with Crippen LogP contribution in [-0.2, 0) is 30.7 Å². The normalized spacial score (nSPS) is 17.0. The van der Waals surface area contributed by atoms with Crippen molar-refractivity contribution in [2.45, 2.75) is 58.2 Å². The Kier molecular flexibility index (Phi) is 7.95. The first kappa shape index (κ1) is 24.8. The molecule has 4 aromatic heterocycles. The van der Waals surface area contributed by atoms with E-state index in [0.717, 1.165) is 48.3 Å². The van der Waals surface area contributed by atoms with E-state index < -0.39 is 0 Å². The molecule has 10 nitrogen and oxygen atoms in total. The van der Waals surface area contributed by atoms with Gasteiger partial charge in [0.25, 0.3) is 5.91 Å². The van der Waals surface area contributed by atoms with E-state index in [4.69, 9.17) is 9.26 Å². The Morgan fingerprint density at radius 3 is 2.62 bits per heavy atom. The van der Waals surface area contributed by atoms with Gasteiger partial charge in [0.15, 0.2) is 12.0 Å². The molecule has 0 spiro atoms. The summed E-state index contributed by atoms with van der Waals surface area (Å²) in [4.78, 5) is 28.3. The number of hydrogen-bond acceptors (Lipinski definition) is 8. The molecule has 2 aliphatic rings. The number of likely N-dealkylation sites (tertiary alicyclic amines) is 1. The fourth-order valence-corrected chi connectivity index (χ4v) is 4.79. The van der Waals surface area contributed by atoms with Gasteiger partial charge in [-0.3, -0.25) is 19.4 Å². The standard InChI is InChI=1S/C20H22N6O3.C7H9N/c27-20(25-8-4-2-5-14(25)11-17-22-13-23-29-17)19-18(15-6-1-3-7-21-15)16-12-28-10-9-26(16)24-19;1-2-7-5-3-4-6-8-7/h1,3,6-7,13-14H,2,4-5,8-12H2;3-6H,2H2,1H3/t14-;/m0./s1. The predicted octanol–water partition coefficient (Wildman–Crippen LogP) is 3.74. The smallest absolute Gasteiger partial charge is 0.275 e. The molecule has 0 radical (unpaired) electrons. The second-order valence-electron chi connectivity index (χ2n) is 9.02. The van der Waals surface area contributed by atoms with E-state index in [2.05, 4.69) is 32.1 Å². The Labute approximate surface area is 215 Å². The summed E-state index contributed by atoms with van der Waals surface area (Å²) in [6, 6.07) is 11.7. The second-order valence-corrected chi connectivity index (χ2v) is 9.02. The monoisotopic (exact) mass is 501 g/mol. The van der Waals surface area contributed by atoms with E-state index in [9.17, 15) is 4.79 Å². The maximum atomic E-state index is 13.7. The zero-order valence-corrected chi connectivity index (χ0v) is 21.0. The van der Waals surface area contributed by atoms with Crippen LogP contribution in [-0.4, -0.2) is 59.9 Å². The lowest BCUT2D eigenvalue weighted by atomic mass is 9.98. The van der Waals surface area contributed by atoms with Crippen LogP contribution in [0.2, 0.25) is 0 Å². The first-order valence-electron chi connectivity index (χ1n) is 12.8. The predicted molar refractivity (Wildman–Crippen MR) is 135 cm³/mol. The molecule has 1 fully saturated rings. The van der Waals surface area contributed by atoms with Crippen molar-refractivity contribution in [2.24, 2.45) is 0 Å². The van der Waals surface area contributed by atoms with Crippen molar-refractivity contribution in [2.75, 3.05) is 13.2 Å². The minimum atomic E-state index is -0.0724. The van der Waals surface area contributed by atoms with E-state index in [1.54, 1.807) is 6.20 Å². The minimum Gasteiger partial charge on any atom is -0.373 e. The number of rotatable bonds is 5. The molecule has 37 heavy (non-hydrogen) atoms. The molecule has 10 heteroatoms. The van der Waals surface area contributed by atoms with Gasteiger partial charge in [-0.1, -0.05) is 24.2 Å². The Hall–Kier alpha value is -3.92. The highest BCUT2D eigenvalue weighted by Gasteiger charge is 2.34. The number of amides is 1. The Morgan fingerprint density at radius 2 is 1.92 bits per heavy atom. The first-order chi connectivity index (χ1) is 18.2. The van der Waals surface area contributed by atoms with Crippen LogP contribution in [0.15, 0.2) is 59.6 Å². The number of fused-ring (bicyclic) bond motifs is 1. The molecule has 6 heterocycles.